The van der Waals surface area contributed by atoms with Crippen molar-refractivity contribution in [3.05, 3.63) is 70.0 Å². The van der Waals surface area contributed by atoms with Crippen LogP contribution in [0.3, 0.4) is 0 Å². The molecule has 1 aliphatic heterocycles. The largest absolute Gasteiger partial charge is 0.416 e. The number of rotatable bonds is 3. The van der Waals surface area contributed by atoms with Crippen molar-refractivity contribution >= 4 is 11.6 Å². The van der Waals surface area contributed by atoms with Crippen molar-refractivity contribution in [3.8, 4) is 0 Å². The average Bonchev–Trinajstić information content (AvgIpc) is 2.87. The highest BCUT2D eigenvalue weighted by atomic mass is 35.5. The van der Waals surface area contributed by atoms with Gasteiger partial charge in [0.1, 0.15) is 5.82 Å². The highest BCUT2D eigenvalue weighted by Gasteiger charge is 2.34. The Balaban J connectivity index is 2.13. The fourth-order valence-electron chi connectivity index (χ4n) is 3.31. The molecule has 1 saturated heterocycles. The molecule has 0 spiro atoms. The highest BCUT2D eigenvalue weighted by Crippen LogP contribution is 2.39. The summed E-state index contributed by atoms with van der Waals surface area (Å²) in [6.45, 7) is 2.72. The van der Waals surface area contributed by atoms with Crippen molar-refractivity contribution in [1.29, 1.82) is 0 Å². The van der Waals surface area contributed by atoms with Gasteiger partial charge < -0.3 is 5.32 Å². The Kier molecular flexibility index (Phi) is 5.85. The van der Waals surface area contributed by atoms with E-state index >= 15 is 0 Å². The molecule has 3 rings (SSSR count). The van der Waals surface area contributed by atoms with Gasteiger partial charge in [-0.1, -0.05) is 29.8 Å². The lowest BCUT2D eigenvalue weighted by molar-refractivity contribution is -0.137. The van der Waals surface area contributed by atoms with Gasteiger partial charge in [0.15, 0.2) is 0 Å². The molecule has 1 fully saturated rings. The normalized spacial score (nSPS) is 17.7. The van der Waals surface area contributed by atoms with Gasteiger partial charge in [-0.05, 0) is 42.8 Å². The Morgan fingerprint density at radius 1 is 1.00 bits per heavy atom. The summed E-state index contributed by atoms with van der Waals surface area (Å²) in [5, 5.41) is 3.45. The second kappa shape index (κ2) is 7.94. The predicted molar refractivity (Wildman–Crippen MR) is 93.8 cm³/mol. The molecule has 2 aromatic rings. The van der Waals surface area contributed by atoms with Crippen LogP contribution in [0.2, 0.25) is 5.02 Å². The van der Waals surface area contributed by atoms with Crippen LogP contribution in [0.4, 0.5) is 17.6 Å². The average molecular weight is 387 g/mol. The van der Waals surface area contributed by atoms with Crippen LogP contribution in [0, 0.1) is 5.82 Å². The third kappa shape index (κ3) is 4.19. The van der Waals surface area contributed by atoms with Gasteiger partial charge >= 0.3 is 6.18 Å². The van der Waals surface area contributed by atoms with Gasteiger partial charge in [0.2, 0.25) is 0 Å². The molecular weight excluding hydrogens is 368 g/mol. The summed E-state index contributed by atoms with van der Waals surface area (Å²) < 4.78 is 54.2. The molecule has 1 aliphatic rings. The summed E-state index contributed by atoms with van der Waals surface area (Å²) in [6.07, 6.45) is -3.67. The maximum atomic E-state index is 14.5. The number of alkyl halides is 3. The van der Waals surface area contributed by atoms with Gasteiger partial charge in [-0.15, -0.1) is 0 Å². The first kappa shape index (κ1) is 19.1. The van der Waals surface area contributed by atoms with E-state index in [4.69, 9.17) is 11.6 Å². The van der Waals surface area contributed by atoms with E-state index in [9.17, 15) is 17.6 Å². The fraction of sp³-hybridized carbons (Fsp3) is 0.368. The van der Waals surface area contributed by atoms with E-state index in [0.29, 0.717) is 25.2 Å². The first-order valence-corrected chi connectivity index (χ1v) is 8.81. The molecule has 0 radical (unpaired) electrons. The summed E-state index contributed by atoms with van der Waals surface area (Å²) >= 11 is 6.27. The van der Waals surface area contributed by atoms with E-state index in [2.05, 4.69) is 5.32 Å². The van der Waals surface area contributed by atoms with E-state index < -0.39 is 23.6 Å². The maximum Gasteiger partial charge on any atom is 0.416 e. The molecule has 1 heterocycles. The van der Waals surface area contributed by atoms with Crippen LogP contribution < -0.4 is 5.32 Å². The smallest absolute Gasteiger partial charge is 0.315 e. The lowest BCUT2D eigenvalue weighted by atomic mass is 9.94. The molecule has 1 N–H and O–H groups in total. The zero-order valence-corrected chi connectivity index (χ0v) is 14.7. The van der Waals surface area contributed by atoms with E-state index in [0.717, 1.165) is 25.1 Å². The van der Waals surface area contributed by atoms with Gasteiger partial charge in [0.05, 0.1) is 11.6 Å². The van der Waals surface area contributed by atoms with Crippen LogP contribution in [0.1, 0.15) is 29.2 Å². The number of hydrogen-bond acceptors (Lipinski definition) is 2. The van der Waals surface area contributed by atoms with Gasteiger partial charge in [0.25, 0.3) is 0 Å². The Hall–Kier alpha value is -1.63. The standard InChI is InChI=1S/C19H19ClF4N2/c20-16-7-6-13(19(22,23)24)12-15(16)18(14-4-1-2-5-17(14)21)26-10-3-8-25-9-11-26/h1-2,4-7,12,18,25H,3,8-11H2. The highest BCUT2D eigenvalue weighted by molar-refractivity contribution is 6.31. The number of nitrogens with one attached hydrogen (secondary N) is 1. The second-order valence-electron chi connectivity index (χ2n) is 6.30. The second-order valence-corrected chi connectivity index (χ2v) is 6.70. The number of nitrogens with zero attached hydrogens (tertiary/aromatic N) is 1. The van der Waals surface area contributed by atoms with E-state index in [1.54, 1.807) is 18.2 Å². The summed E-state index contributed by atoms with van der Waals surface area (Å²) in [4.78, 5) is 1.99. The van der Waals surface area contributed by atoms with Crippen LogP contribution in [0.25, 0.3) is 0 Å². The van der Waals surface area contributed by atoms with Gasteiger partial charge in [-0.25, -0.2) is 4.39 Å². The van der Waals surface area contributed by atoms with Crippen LogP contribution in [-0.2, 0) is 6.18 Å². The van der Waals surface area contributed by atoms with E-state index in [-0.39, 0.29) is 10.6 Å². The minimum Gasteiger partial charge on any atom is -0.315 e. The van der Waals surface area contributed by atoms with Crippen molar-refractivity contribution in [2.24, 2.45) is 0 Å². The molecule has 140 valence electrons. The Labute approximate surface area is 154 Å². The van der Waals surface area contributed by atoms with Gasteiger partial charge in [-0.2, -0.15) is 13.2 Å². The Morgan fingerprint density at radius 3 is 2.50 bits per heavy atom. The van der Waals surface area contributed by atoms with E-state index in [1.807, 2.05) is 4.90 Å². The molecule has 0 amide bonds. The lowest BCUT2D eigenvalue weighted by Crippen LogP contribution is -2.33. The van der Waals surface area contributed by atoms with Crippen molar-refractivity contribution in [2.45, 2.75) is 18.6 Å². The topological polar surface area (TPSA) is 15.3 Å². The molecule has 1 atom stereocenters. The summed E-state index contributed by atoms with van der Waals surface area (Å²) in [5.41, 5.74) is -0.185. The number of benzene rings is 2. The molecule has 7 heteroatoms. The molecule has 0 aromatic heterocycles. The van der Waals surface area contributed by atoms with Crippen molar-refractivity contribution in [2.75, 3.05) is 26.2 Å². The van der Waals surface area contributed by atoms with Crippen molar-refractivity contribution < 1.29 is 17.6 Å². The minimum atomic E-state index is -4.49. The minimum absolute atomic E-state index is 0.198. The number of hydrogen-bond donors (Lipinski definition) is 1. The Bertz CT molecular complexity index is 755. The predicted octanol–water partition coefficient (Wildman–Crippen LogP) is 4.88. The molecule has 2 nitrogen and oxygen atoms in total. The third-order valence-corrected chi connectivity index (χ3v) is 4.90. The summed E-state index contributed by atoms with van der Waals surface area (Å²) in [5.74, 6) is -0.455. The summed E-state index contributed by atoms with van der Waals surface area (Å²) in [7, 11) is 0. The van der Waals surface area contributed by atoms with Crippen LogP contribution in [0.15, 0.2) is 42.5 Å². The van der Waals surface area contributed by atoms with Gasteiger partial charge in [-0.3, -0.25) is 4.90 Å². The summed E-state index contributed by atoms with van der Waals surface area (Å²) in [6, 6.07) is 8.73. The number of halogens is 5. The molecule has 2 aromatic carbocycles. The zero-order chi connectivity index (χ0) is 18.7. The van der Waals surface area contributed by atoms with Crippen LogP contribution in [-0.4, -0.2) is 31.1 Å². The first-order valence-electron chi connectivity index (χ1n) is 8.44. The quantitative estimate of drug-likeness (QED) is 0.756. The monoisotopic (exact) mass is 386 g/mol. The molecule has 0 aliphatic carbocycles. The third-order valence-electron chi connectivity index (χ3n) is 4.56. The lowest BCUT2D eigenvalue weighted by Gasteiger charge is -2.32. The van der Waals surface area contributed by atoms with Crippen molar-refractivity contribution in [3.63, 3.8) is 0 Å². The zero-order valence-electron chi connectivity index (χ0n) is 14.0. The fourth-order valence-corrected chi connectivity index (χ4v) is 3.53. The van der Waals surface area contributed by atoms with E-state index in [1.165, 1.54) is 12.1 Å². The molecule has 0 bridgehead atoms. The van der Waals surface area contributed by atoms with Crippen molar-refractivity contribution in [1.82, 2.24) is 10.2 Å². The first-order chi connectivity index (χ1) is 12.4. The molecule has 0 saturated carbocycles. The van der Waals surface area contributed by atoms with Crippen LogP contribution >= 0.6 is 11.6 Å². The molecule has 1 unspecified atom stereocenters. The van der Waals surface area contributed by atoms with Gasteiger partial charge in [0, 0.05) is 30.2 Å². The van der Waals surface area contributed by atoms with Crippen LogP contribution in [0.5, 0.6) is 0 Å². The maximum absolute atomic E-state index is 14.5. The SMILES string of the molecule is Fc1ccccc1C(c1cc(C(F)(F)F)ccc1Cl)N1CCCNCC1. The molecule has 26 heavy (non-hydrogen) atoms. The molecular formula is C19H19ClF4N2. The Morgan fingerprint density at radius 2 is 1.77 bits per heavy atom.